The van der Waals surface area contributed by atoms with Crippen LogP contribution < -0.4 is 5.32 Å². The highest BCUT2D eigenvalue weighted by Gasteiger charge is 2.21. The first-order valence-electron chi connectivity index (χ1n) is 8.14. The Labute approximate surface area is 140 Å². The Morgan fingerprint density at radius 1 is 1.21 bits per heavy atom. The Kier molecular flexibility index (Phi) is 5.05. The van der Waals surface area contributed by atoms with E-state index in [1.807, 2.05) is 12.1 Å². The van der Waals surface area contributed by atoms with Crippen LogP contribution in [0.25, 0.3) is 10.9 Å². The van der Waals surface area contributed by atoms with E-state index in [0.717, 1.165) is 18.8 Å². The molecule has 2 aromatic heterocycles. The zero-order valence-electron chi connectivity index (χ0n) is 13.9. The van der Waals surface area contributed by atoms with Gasteiger partial charge in [0.2, 0.25) is 0 Å². The molecule has 0 spiro atoms. The van der Waals surface area contributed by atoms with E-state index in [1.54, 1.807) is 12.3 Å². The summed E-state index contributed by atoms with van der Waals surface area (Å²) >= 11 is 0. The van der Waals surface area contributed by atoms with Crippen LogP contribution >= 0.6 is 0 Å². The van der Waals surface area contributed by atoms with Crippen LogP contribution in [0.3, 0.4) is 0 Å². The molecule has 0 aliphatic rings. The normalized spacial score (nSPS) is 12.7. The highest BCUT2D eigenvalue weighted by Crippen LogP contribution is 2.24. The standard InChI is InChI=1S/C18H21FN4O/c1-3-23(4-2)16(17-6-5-9-24-17)11-20-18-14-10-13(19)7-8-15(14)21-12-22-18/h5-10,12,16H,3-4,11H2,1-2H3,(H,20,21,22). The van der Waals surface area contributed by atoms with Crippen LogP contribution in [-0.4, -0.2) is 34.5 Å². The van der Waals surface area contributed by atoms with E-state index in [2.05, 4.69) is 34.0 Å². The van der Waals surface area contributed by atoms with Crippen LogP contribution in [0, 0.1) is 5.82 Å². The molecule has 3 aromatic rings. The molecule has 1 atom stereocenters. The zero-order chi connectivity index (χ0) is 16.9. The molecule has 0 aliphatic heterocycles. The molecule has 126 valence electrons. The number of benzene rings is 1. The molecule has 1 aromatic carbocycles. The minimum atomic E-state index is -0.299. The molecule has 1 unspecified atom stereocenters. The van der Waals surface area contributed by atoms with Gasteiger partial charge in [-0.2, -0.15) is 0 Å². The van der Waals surface area contributed by atoms with Crippen molar-refractivity contribution < 1.29 is 8.81 Å². The molecule has 1 N–H and O–H groups in total. The first-order valence-corrected chi connectivity index (χ1v) is 8.14. The Bertz CT molecular complexity index is 787. The second kappa shape index (κ2) is 7.40. The summed E-state index contributed by atoms with van der Waals surface area (Å²) in [7, 11) is 0. The van der Waals surface area contributed by atoms with Crippen molar-refractivity contribution >= 4 is 16.7 Å². The zero-order valence-corrected chi connectivity index (χ0v) is 13.9. The van der Waals surface area contributed by atoms with Crippen LogP contribution in [0.15, 0.2) is 47.3 Å². The average Bonchev–Trinajstić information content (AvgIpc) is 3.13. The second-order valence-corrected chi connectivity index (χ2v) is 5.52. The summed E-state index contributed by atoms with van der Waals surface area (Å²) in [5.41, 5.74) is 0.714. The van der Waals surface area contributed by atoms with Crippen molar-refractivity contribution in [2.45, 2.75) is 19.9 Å². The molecule has 0 fully saturated rings. The van der Waals surface area contributed by atoms with Gasteiger partial charge in [-0.25, -0.2) is 14.4 Å². The molecule has 0 saturated heterocycles. The maximum absolute atomic E-state index is 13.6. The first kappa shape index (κ1) is 16.4. The monoisotopic (exact) mass is 328 g/mol. The predicted octanol–water partition coefficient (Wildman–Crippen LogP) is 3.86. The van der Waals surface area contributed by atoms with Gasteiger partial charge in [-0.3, -0.25) is 4.90 Å². The smallest absolute Gasteiger partial charge is 0.137 e. The summed E-state index contributed by atoms with van der Waals surface area (Å²) in [6.45, 7) is 6.66. The van der Waals surface area contributed by atoms with Crippen LogP contribution in [0.1, 0.15) is 25.6 Å². The lowest BCUT2D eigenvalue weighted by Gasteiger charge is -2.28. The topological polar surface area (TPSA) is 54.2 Å². The third-order valence-electron chi connectivity index (χ3n) is 4.18. The number of hydrogen-bond donors (Lipinski definition) is 1. The molecular formula is C18H21FN4O. The van der Waals surface area contributed by atoms with E-state index in [0.29, 0.717) is 23.3 Å². The number of halogens is 1. The summed E-state index contributed by atoms with van der Waals surface area (Å²) < 4.78 is 19.2. The van der Waals surface area contributed by atoms with Gasteiger partial charge < -0.3 is 9.73 Å². The van der Waals surface area contributed by atoms with Crippen LogP contribution in [-0.2, 0) is 0 Å². The third kappa shape index (κ3) is 3.38. The number of nitrogens with zero attached hydrogens (tertiary/aromatic N) is 3. The predicted molar refractivity (Wildman–Crippen MR) is 92.4 cm³/mol. The molecule has 24 heavy (non-hydrogen) atoms. The van der Waals surface area contributed by atoms with Crippen molar-refractivity contribution in [1.82, 2.24) is 14.9 Å². The molecular weight excluding hydrogens is 307 g/mol. The van der Waals surface area contributed by atoms with Gasteiger partial charge in [-0.05, 0) is 43.4 Å². The van der Waals surface area contributed by atoms with Crippen LogP contribution in [0.2, 0.25) is 0 Å². The van der Waals surface area contributed by atoms with E-state index in [4.69, 9.17) is 4.42 Å². The summed E-state index contributed by atoms with van der Waals surface area (Å²) in [4.78, 5) is 10.8. The Hall–Kier alpha value is -2.47. The molecule has 0 amide bonds. The van der Waals surface area contributed by atoms with E-state index in [9.17, 15) is 4.39 Å². The van der Waals surface area contributed by atoms with E-state index in [1.165, 1.54) is 18.5 Å². The lowest BCUT2D eigenvalue weighted by atomic mass is 10.1. The number of hydrogen-bond acceptors (Lipinski definition) is 5. The number of furan rings is 1. The van der Waals surface area contributed by atoms with Crippen molar-refractivity contribution in [3.05, 3.63) is 54.5 Å². The highest BCUT2D eigenvalue weighted by molar-refractivity contribution is 5.88. The maximum Gasteiger partial charge on any atom is 0.137 e. The number of fused-ring (bicyclic) bond motifs is 1. The molecule has 0 bridgehead atoms. The fourth-order valence-corrected chi connectivity index (χ4v) is 2.92. The highest BCUT2D eigenvalue weighted by atomic mass is 19.1. The van der Waals surface area contributed by atoms with Crippen molar-refractivity contribution in [2.24, 2.45) is 0 Å². The van der Waals surface area contributed by atoms with Gasteiger partial charge >= 0.3 is 0 Å². The van der Waals surface area contributed by atoms with Gasteiger partial charge in [-0.1, -0.05) is 13.8 Å². The molecule has 5 nitrogen and oxygen atoms in total. The Morgan fingerprint density at radius 2 is 2.04 bits per heavy atom. The van der Waals surface area contributed by atoms with Crippen molar-refractivity contribution in [1.29, 1.82) is 0 Å². The summed E-state index contributed by atoms with van der Waals surface area (Å²) in [6, 6.07) is 8.46. The first-order chi connectivity index (χ1) is 11.7. The number of nitrogens with one attached hydrogen (secondary N) is 1. The van der Waals surface area contributed by atoms with Gasteiger partial charge in [0.25, 0.3) is 0 Å². The van der Waals surface area contributed by atoms with Crippen molar-refractivity contribution in [2.75, 3.05) is 25.0 Å². The lowest BCUT2D eigenvalue weighted by Crippen LogP contribution is -2.33. The fourth-order valence-electron chi connectivity index (χ4n) is 2.92. The number of anilines is 1. The molecule has 0 aliphatic carbocycles. The molecule has 0 radical (unpaired) electrons. The second-order valence-electron chi connectivity index (χ2n) is 5.52. The number of aromatic nitrogens is 2. The van der Waals surface area contributed by atoms with E-state index < -0.39 is 0 Å². The Morgan fingerprint density at radius 3 is 2.75 bits per heavy atom. The minimum absolute atomic E-state index is 0.0774. The summed E-state index contributed by atoms with van der Waals surface area (Å²) in [6.07, 6.45) is 3.17. The quantitative estimate of drug-likeness (QED) is 0.714. The van der Waals surface area contributed by atoms with Gasteiger partial charge in [0.05, 0.1) is 17.8 Å². The third-order valence-corrected chi connectivity index (χ3v) is 4.18. The van der Waals surface area contributed by atoms with Crippen LogP contribution in [0.4, 0.5) is 10.2 Å². The van der Waals surface area contributed by atoms with Gasteiger partial charge in [0.15, 0.2) is 0 Å². The number of rotatable bonds is 7. The van der Waals surface area contributed by atoms with Gasteiger partial charge in [-0.15, -0.1) is 0 Å². The largest absolute Gasteiger partial charge is 0.468 e. The van der Waals surface area contributed by atoms with Crippen molar-refractivity contribution in [3.63, 3.8) is 0 Å². The molecule has 3 rings (SSSR count). The molecule has 6 heteroatoms. The summed E-state index contributed by atoms with van der Waals surface area (Å²) in [5, 5.41) is 4.01. The Balaban J connectivity index is 1.86. The molecule has 0 saturated carbocycles. The van der Waals surface area contributed by atoms with E-state index in [-0.39, 0.29) is 11.9 Å². The fraction of sp³-hybridized carbons (Fsp3) is 0.333. The minimum Gasteiger partial charge on any atom is -0.468 e. The van der Waals surface area contributed by atoms with E-state index >= 15 is 0 Å². The van der Waals surface area contributed by atoms with Crippen molar-refractivity contribution in [3.8, 4) is 0 Å². The maximum atomic E-state index is 13.6. The number of likely N-dealkylation sites (N-methyl/N-ethyl adjacent to an activating group) is 1. The molecule has 2 heterocycles. The average molecular weight is 328 g/mol. The van der Waals surface area contributed by atoms with Gasteiger partial charge in [0, 0.05) is 11.9 Å². The van der Waals surface area contributed by atoms with Crippen LogP contribution in [0.5, 0.6) is 0 Å². The SMILES string of the molecule is CCN(CC)C(CNc1ncnc2ccc(F)cc12)c1ccco1. The summed E-state index contributed by atoms with van der Waals surface area (Å²) in [5.74, 6) is 1.23. The van der Waals surface area contributed by atoms with Gasteiger partial charge in [0.1, 0.15) is 23.7 Å². The lowest BCUT2D eigenvalue weighted by molar-refractivity contribution is 0.202.